The molecule has 0 atom stereocenters. The fraction of sp³-hybridized carbons (Fsp3) is 0.611. The van der Waals surface area contributed by atoms with E-state index in [0.29, 0.717) is 17.5 Å². The average Bonchev–Trinajstić information content (AvgIpc) is 2.50. The lowest BCUT2D eigenvalue weighted by molar-refractivity contribution is 0.0979. The molecule has 1 rings (SSSR count). The van der Waals surface area contributed by atoms with Crippen LogP contribution in [0.2, 0.25) is 0 Å². The monoisotopic (exact) mass is 310 g/mol. The zero-order valence-corrected chi connectivity index (χ0v) is 13.8. The molecule has 0 fully saturated rings. The first-order valence-electron chi connectivity index (χ1n) is 8.10. The number of alkyl halides is 1. The Bertz CT molecular complexity index is 429. The molecule has 0 unspecified atom stereocenters. The van der Waals surface area contributed by atoms with Gasteiger partial charge in [-0.25, -0.2) is 0 Å². The summed E-state index contributed by atoms with van der Waals surface area (Å²) in [6.45, 7) is 2.23. The molecule has 0 aliphatic rings. The fourth-order valence-corrected chi connectivity index (χ4v) is 2.64. The molecule has 1 aromatic carbocycles. The van der Waals surface area contributed by atoms with Crippen LogP contribution in [0.5, 0.6) is 5.75 Å². The number of phenolic OH excluding ortho intramolecular Hbond substituents is 1. The Hall–Kier alpha value is -1.02. The molecule has 0 amide bonds. The van der Waals surface area contributed by atoms with E-state index < -0.39 is 0 Å². The Morgan fingerprint density at radius 3 is 2.29 bits per heavy atom. The van der Waals surface area contributed by atoms with Crippen molar-refractivity contribution >= 4 is 17.4 Å². The second-order valence-corrected chi connectivity index (χ2v) is 5.89. The van der Waals surface area contributed by atoms with Crippen molar-refractivity contribution in [2.24, 2.45) is 0 Å². The standard InChI is InChI=1S/C18H27ClO2/c1-2-3-4-5-6-7-8-9-10-17(20)15-11-12-18(21)16(13-15)14-19/h11-13,21H,2-10,14H2,1H3. The van der Waals surface area contributed by atoms with Crippen LogP contribution in [0.15, 0.2) is 18.2 Å². The van der Waals surface area contributed by atoms with Gasteiger partial charge in [-0.3, -0.25) is 4.79 Å². The number of carbonyl (C=O) groups excluding carboxylic acids is 1. The van der Waals surface area contributed by atoms with Crippen molar-refractivity contribution in [3.8, 4) is 5.75 Å². The molecular weight excluding hydrogens is 284 g/mol. The summed E-state index contributed by atoms with van der Waals surface area (Å²) in [5.74, 6) is 0.533. The molecule has 2 nitrogen and oxygen atoms in total. The van der Waals surface area contributed by atoms with Crippen LogP contribution < -0.4 is 0 Å². The highest BCUT2D eigenvalue weighted by Gasteiger charge is 2.08. The summed E-state index contributed by atoms with van der Waals surface area (Å²) in [7, 11) is 0. The predicted octanol–water partition coefficient (Wildman–Crippen LogP) is 5.84. The van der Waals surface area contributed by atoms with E-state index in [1.54, 1.807) is 18.2 Å². The summed E-state index contributed by atoms with van der Waals surface area (Å²) in [5, 5.41) is 9.56. The Labute approximate surface area is 133 Å². The van der Waals surface area contributed by atoms with Crippen molar-refractivity contribution < 1.29 is 9.90 Å². The first-order chi connectivity index (χ1) is 10.2. The molecule has 0 aromatic heterocycles. The smallest absolute Gasteiger partial charge is 0.162 e. The highest BCUT2D eigenvalue weighted by Crippen LogP contribution is 2.21. The van der Waals surface area contributed by atoms with Gasteiger partial charge in [0, 0.05) is 17.5 Å². The number of rotatable bonds is 11. The zero-order valence-electron chi connectivity index (χ0n) is 13.0. The predicted molar refractivity (Wildman–Crippen MR) is 89.2 cm³/mol. The summed E-state index contributed by atoms with van der Waals surface area (Å²) < 4.78 is 0. The van der Waals surface area contributed by atoms with Crippen LogP contribution in [0.1, 0.15) is 80.6 Å². The SMILES string of the molecule is CCCCCCCCCCC(=O)c1ccc(O)c(CCl)c1. The molecular formula is C18H27ClO2. The minimum atomic E-state index is 0.146. The molecule has 0 aliphatic carbocycles. The number of phenols is 1. The van der Waals surface area contributed by atoms with E-state index in [0.717, 1.165) is 12.8 Å². The lowest BCUT2D eigenvalue weighted by Gasteiger charge is -2.05. The summed E-state index contributed by atoms with van der Waals surface area (Å²) in [5.41, 5.74) is 1.28. The number of hydrogen-bond donors (Lipinski definition) is 1. The maximum absolute atomic E-state index is 12.1. The maximum Gasteiger partial charge on any atom is 0.162 e. The number of unbranched alkanes of at least 4 members (excludes halogenated alkanes) is 7. The lowest BCUT2D eigenvalue weighted by Crippen LogP contribution is -2.00. The molecule has 0 aliphatic heterocycles. The Morgan fingerprint density at radius 2 is 1.67 bits per heavy atom. The third-order valence-corrected chi connectivity index (χ3v) is 4.09. The number of halogens is 1. The van der Waals surface area contributed by atoms with Crippen LogP contribution >= 0.6 is 11.6 Å². The maximum atomic E-state index is 12.1. The first kappa shape index (κ1) is 18.0. The zero-order chi connectivity index (χ0) is 15.5. The van der Waals surface area contributed by atoms with Crippen LogP contribution in [-0.2, 0) is 5.88 Å². The van der Waals surface area contributed by atoms with Crippen LogP contribution in [-0.4, -0.2) is 10.9 Å². The summed E-state index contributed by atoms with van der Waals surface area (Å²) in [6, 6.07) is 4.94. The van der Waals surface area contributed by atoms with Gasteiger partial charge in [0.15, 0.2) is 5.78 Å². The van der Waals surface area contributed by atoms with E-state index >= 15 is 0 Å². The Balaban J connectivity index is 2.22. The molecule has 0 spiro atoms. The topological polar surface area (TPSA) is 37.3 Å². The number of Topliss-reactive ketones (excluding diaryl/α,β-unsaturated/α-hetero) is 1. The van der Waals surface area contributed by atoms with Gasteiger partial charge >= 0.3 is 0 Å². The summed E-state index contributed by atoms with van der Waals surface area (Å²) in [6.07, 6.45) is 10.4. The van der Waals surface area contributed by atoms with Crippen LogP contribution in [0.25, 0.3) is 0 Å². The normalized spacial score (nSPS) is 10.8. The number of aromatic hydroxyl groups is 1. The highest BCUT2D eigenvalue weighted by molar-refractivity contribution is 6.17. The molecule has 1 N–H and O–H groups in total. The van der Waals surface area contributed by atoms with Crippen molar-refractivity contribution in [3.63, 3.8) is 0 Å². The minimum Gasteiger partial charge on any atom is -0.508 e. The molecule has 3 heteroatoms. The largest absolute Gasteiger partial charge is 0.508 e. The van der Waals surface area contributed by atoms with Gasteiger partial charge in [0.2, 0.25) is 0 Å². The van der Waals surface area contributed by atoms with Gasteiger partial charge in [-0.1, -0.05) is 51.9 Å². The molecule has 0 saturated carbocycles. The van der Waals surface area contributed by atoms with Gasteiger partial charge in [-0.05, 0) is 24.6 Å². The van der Waals surface area contributed by atoms with Gasteiger partial charge in [0.25, 0.3) is 0 Å². The van der Waals surface area contributed by atoms with E-state index in [9.17, 15) is 9.90 Å². The van der Waals surface area contributed by atoms with E-state index in [-0.39, 0.29) is 17.4 Å². The minimum absolute atomic E-state index is 0.146. The Morgan fingerprint density at radius 1 is 1.05 bits per heavy atom. The molecule has 1 aromatic rings. The number of benzene rings is 1. The van der Waals surface area contributed by atoms with Crippen LogP contribution in [0, 0.1) is 0 Å². The van der Waals surface area contributed by atoms with Crippen molar-refractivity contribution in [3.05, 3.63) is 29.3 Å². The van der Waals surface area contributed by atoms with Crippen molar-refractivity contribution in [1.82, 2.24) is 0 Å². The average molecular weight is 311 g/mol. The molecule has 0 saturated heterocycles. The molecule has 0 radical (unpaired) electrons. The third-order valence-electron chi connectivity index (χ3n) is 3.80. The van der Waals surface area contributed by atoms with Gasteiger partial charge in [0.1, 0.15) is 5.75 Å². The van der Waals surface area contributed by atoms with Gasteiger partial charge in [-0.15, -0.1) is 11.6 Å². The van der Waals surface area contributed by atoms with E-state index in [2.05, 4.69) is 6.92 Å². The van der Waals surface area contributed by atoms with Crippen LogP contribution in [0.3, 0.4) is 0 Å². The van der Waals surface area contributed by atoms with Crippen molar-refractivity contribution in [2.75, 3.05) is 0 Å². The van der Waals surface area contributed by atoms with E-state index in [1.807, 2.05) is 0 Å². The second-order valence-electron chi connectivity index (χ2n) is 5.63. The van der Waals surface area contributed by atoms with Gasteiger partial charge in [-0.2, -0.15) is 0 Å². The van der Waals surface area contributed by atoms with Crippen molar-refractivity contribution in [1.29, 1.82) is 0 Å². The lowest BCUT2D eigenvalue weighted by atomic mass is 10.0. The fourth-order valence-electron chi connectivity index (χ4n) is 2.43. The van der Waals surface area contributed by atoms with Gasteiger partial charge < -0.3 is 5.11 Å². The quantitative estimate of drug-likeness (QED) is 0.316. The molecule has 0 bridgehead atoms. The number of ketones is 1. The summed E-state index contributed by atoms with van der Waals surface area (Å²) in [4.78, 5) is 12.1. The molecule has 21 heavy (non-hydrogen) atoms. The van der Waals surface area contributed by atoms with E-state index in [1.165, 1.54) is 38.5 Å². The molecule has 0 heterocycles. The van der Waals surface area contributed by atoms with Crippen LogP contribution in [0.4, 0.5) is 0 Å². The highest BCUT2D eigenvalue weighted by atomic mass is 35.5. The summed E-state index contributed by atoms with van der Waals surface area (Å²) >= 11 is 5.74. The number of hydrogen-bond acceptors (Lipinski definition) is 2. The Kier molecular flexibility index (Phi) is 9.16. The molecule has 118 valence electrons. The number of carbonyl (C=O) groups is 1. The first-order valence-corrected chi connectivity index (χ1v) is 8.63. The van der Waals surface area contributed by atoms with Gasteiger partial charge in [0.05, 0.1) is 5.88 Å². The second kappa shape index (κ2) is 10.7. The van der Waals surface area contributed by atoms with E-state index in [4.69, 9.17) is 11.6 Å². The van der Waals surface area contributed by atoms with Crippen molar-refractivity contribution in [2.45, 2.75) is 70.6 Å². The third kappa shape index (κ3) is 6.99.